The lowest BCUT2D eigenvalue weighted by Crippen LogP contribution is -2.32. The molecule has 0 atom stereocenters. The van der Waals surface area contributed by atoms with Crippen LogP contribution in [0.1, 0.15) is 11.1 Å². The first-order valence-corrected chi connectivity index (χ1v) is 8.99. The van der Waals surface area contributed by atoms with Crippen molar-refractivity contribution in [2.75, 3.05) is 4.90 Å². The lowest BCUT2D eigenvalue weighted by Gasteiger charge is -2.23. The molecule has 3 aromatic rings. The van der Waals surface area contributed by atoms with E-state index in [1.807, 2.05) is 37.3 Å². The fraction of sp³-hybridized carbons (Fsp3) is 0.100. The second-order valence-corrected chi connectivity index (χ2v) is 6.75. The second-order valence-electron chi connectivity index (χ2n) is 5.94. The molecule has 0 aliphatic carbocycles. The number of amides is 2. The van der Waals surface area contributed by atoms with Crippen LogP contribution in [-0.2, 0) is 6.54 Å². The van der Waals surface area contributed by atoms with Crippen LogP contribution in [0.25, 0.3) is 11.3 Å². The van der Waals surface area contributed by atoms with Crippen molar-refractivity contribution in [1.82, 2.24) is 4.98 Å². The number of nitrogens with two attached hydrogens (primary N) is 2. The molecule has 1 aromatic heterocycles. The average Bonchev–Trinajstić information content (AvgIpc) is 2.64. The van der Waals surface area contributed by atoms with E-state index in [1.54, 1.807) is 24.3 Å². The predicted molar refractivity (Wildman–Crippen MR) is 110 cm³/mol. The minimum Gasteiger partial charge on any atom is -0.351 e. The fourth-order valence-corrected chi connectivity index (χ4v) is 3.45. The summed E-state index contributed by atoms with van der Waals surface area (Å²) in [5.41, 5.74) is 15.3. The van der Waals surface area contributed by atoms with Crippen LogP contribution in [0.2, 0.25) is 10.0 Å². The molecule has 1 heterocycles. The Balaban J connectivity index is 2.23. The van der Waals surface area contributed by atoms with Gasteiger partial charge in [0.15, 0.2) is 0 Å². The number of nitrogens with zero attached hydrogens (tertiary/aromatic N) is 2. The number of hydrogen-bond acceptors (Lipinski definition) is 3. The Morgan fingerprint density at radius 1 is 1.04 bits per heavy atom. The molecule has 0 saturated carbocycles. The maximum atomic E-state index is 12.2. The Bertz CT molecular complexity index is 987. The molecule has 2 aromatic carbocycles. The van der Waals surface area contributed by atoms with Gasteiger partial charge in [-0.2, -0.15) is 0 Å². The van der Waals surface area contributed by atoms with Crippen LogP contribution in [0.3, 0.4) is 0 Å². The number of hydrogen-bond donors (Lipinski definition) is 2. The normalized spacial score (nSPS) is 10.7. The van der Waals surface area contributed by atoms with Crippen molar-refractivity contribution >= 4 is 40.7 Å². The Kier molecular flexibility index (Phi) is 5.65. The van der Waals surface area contributed by atoms with E-state index in [9.17, 15) is 4.79 Å². The number of rotatable bonds is 4. The van der Waals surface area contributed by atoms with Gasteiger partial charge < -0.3 is 11.5 Å². The molecule has 0 aliphatic heterocycles. The van der Waals surface area contributed by atoms with Crippen molar-refractivity contribution in [3.05, 3.63) is 75.8 Å². The highest BCUT2D eigenvalue weighted by Gasteiger charge is 2.23. The Morgan fingerprint density at radius 2 is 1.70 bits per heavy atom. The van der Waals surface area contributed by atoms with Gasteiger partial charge in [0.1, 0.15) is 5.82 Å². The lowest BCUT2D eigenvalue weighted by atomic mass is 10.0. The number of halogens is 2. The van der Waals surface area contributed by atoms with Gasteiger partial charge in [0.2, 0.25) is 0 Å². The molecule has 2 amide bonds. The van der Waals surface area contributed by atoms with E-state index >= 15 is 0 Å². The fourth-order valence-electron chi connectivity index (χ4n) is 2.88. The first kappa shape index (κ1) is 19.2. The molecule has 3 rings (SSSR count). The standard InChI is InChI=1S/C20H18Cl2N4O/c1-12-5-2-3-6-14(12)18-13(11-23)9-10-17(25-18)26(20(24)27)19-15(21)7-4-8-16(19)22/h2-10H,11,23H2,1H3,(H2,24,27). The van der Waals surface area contributed by atoms with Crippen LogP contribution in [0, 0.1) is 6.92 Å². The number of carbonyl (C=O) groups excluding carboxylic acids is 1. The first-order chi connectivity index (χ1) is 12.9. The summed E-state index contributed by atoms with van der Waals surface area (Å²) < 4.78 is 0. The molecular weight excluding hydrogens is 383 g/mol. The van der Waals surface area contributed by atoms with E-state index in [1.165, 1.54) is 4.90 Å². The summed E-state index contributed by atoms with van der Waals surface area (Å²) in [6.45, 7) is 2.29. The Labute approximate surface area is 167 Å². The molecule has 0 aliphatic rings. The van der Waals surface area contributed by atoms with E-state index in [-0.39, 0.29) is 5.69 Å². The quantitative estimate of drug-likeness (QED) is 0.642. The van der Waals surface area contributed by atoms with E-state index in [0.29, 0.717) is 28.1 Å². The van der Waals surface area contributed by atoms with Crippen LogP contribution in [0.15, 0.2) is 54.6 Å². The third-order valence-electron chi connectivity index (χ3n) is 4.19. The van der Waals surface area contributed by atoms with E-state index < -0.39 is 6.03 Å². The number of pyridine rings is 1. The van der Waals surface area contributed by atoms with Crippen molar-refractivity contribution in [2.45, 2.75) is 13.5 Å². The monoisotopic (exact) mass is 400 g/mol. The lowest BCUT2D eigenvalue weighted by molar-refractivity contribution is 0.256. The molecule has 0 saturated heterocycles. The van der Waals surface area contributed by atoms with E-state index in [0.717, 1.165) is 16.7 Å². The van der Waals surface area contributed by atoms with Gasteiger partial charge in [-0.05, 0) is 36.2 Å². The summed E-state index contributed by atoms with van der Waals surface area (Å²) in [6, 6.07) is 15.5. The molecule has 0 bridgehead atoms. The maximum Gasteiger partial charge on any atom is 0.325 e. The van der Waals surface area contributed by atoms with Crippen molar-refractivity contribution in [3.8, 4) is 11.3 Å². The van der Waals surface area contributed by atoms with Crippen LogP contribution in [-0.4, -0.2) is 11.0 Å². The summed E-state index contributed by atoms with van der Waals surface area (Å²) in [5.74, 6) is 0.313. The zero-order valence-electron chi connectivity index (χ0n) is 14.6. The van der Waals surface area contributed by atoms with Gasteiger partial charge in [-0.25, -0.2) is 14.7 Å². The number of aryl methyl sites for hydroxylation is 1. The van der Waals surface area contributed by atoms with Gasteiger partial charge in [-0.1, -0.05) is 59.6 Å². The molecule has 4 N–H and O–H groups in total. The van der Waals surface area contributed by atoms with Crippen LogP contribution in [0.5, 0.6) is 0 Å². The highest BCUT2D eigenvalue weighted by molar-refractivity contribution is 6.40. The van der Waals surface area contributed by atoms with Gasteiger partial charge in [0, 0.05) is 12.1 Å². The molecule has 138 valence electrons. The van der Waals surface area contributed by atoms with E-state index in [4.69, 9.17) is 34.7 Å². The summed E-state index contributed by atoms with van der Waals surface area (Å²) >= 11 is 12.6. The Morgan fingerprint density at radius 3 is 2.30 bits per heavy atom. The van der Waals surface area contributed by atoms with Crippen LogP contribution in [0.4, 0.5) is 16.3 Å². The molecule has 27 heavy (non-hydrogen) atoms. The number of benzene rings is 2. The average molecular weight is 401 g/mol. The van der Waals surface area contributed by atoms with Gasteiger partial charge in [-0.15, -0.1) is 0 Å². The highest BCUT2D eigenvalue weighted by atomic mass is 35.5. The number of carbonyl (C=O) groups is 1. The molecular formula is C20H18Cl2N4O. The SMILES string of the molecule is Cc1ccccc1-c1nc(N(C(N)=O)c2c(Cl)cccc2Cl)ccc1CN. The molecule has 0 radical (unpaired) electrons. The number of anilines is 2. The molecule has 0 unspecified atom stereocenters. The highest BCUT2D eigenvalue weighted by Crippen LogP contribution is 2.38. The number of urea groups is 1. The third-order valence-corrected chi connectivity index (χ3v) is 4.80. The van der Waals surface area contributed by atoms with Gasteiger partial charge >= 0.3 is 6.03 Å². The summed E-state index contributed by atoms with van der Waals surface area (Å²) in [5, 5.41) is 0.590. The zero-order chi connectivity index (χ0) is 19.6. The molecule has 0 fully saturated rings. The van der Waals surface area contributed by atoms with Crippen molar-refractivity contribution < 1.29 is 4.79 Å². The van der Waals surface area contributed by atoms with Crippen molar-refractivity contribution in [3.63, 3.8) is 0 Å². The van der Waals surface area contributed by atoms with Crippen LogP contribution >= 0.6 is 23.2 Å². The number of para-hydroxylation sites is 1. The predicted octanol–water partition coefficient (Wildman–Crippen LogP) is 5.04. The van der Waals surface area contributed by atoms with Gasteiger partial charge in [-0.3, -0.25) is 0 Å². The maximum absolute atomic E-state index is 12.2. The summed E-state index contributed by atoms with van der Waals surface area (Å²) in [7, 11) is 0. The molecule has 0 spiro atoms. The minimum absolute atomic E-state index is 0.289. The van der Waals surface area contributed by atoms with Gasteiger partial charge in [0.05, 0.1) is 21.4 Å². The summed E-state index contributed by atoms with van der Waals surface area (Å²) in [6.07, 6.45) is 0. The van der Waals surface area contributed by atoms with Gasteiger partial charge in [0.25, 0.3) is 0 Å². The number of primary amides is 1. The zero-order valence-corrected chi connectivity index (χ0v) is 16.1. The molecule has 7 heteroatoms. The van der Waals surface area contributed by atoms with Crippen molar-refractivity contribution in [2.24, 2.45) is 11.5 Å². The van der Waals surface area contributed by atoms with Crippen molar-refractivity contribution in [1.29, 1.82) is 0 Å². The number of aromatic nitrogens is 1. The van der Waals surface area contributed by atoms with Crippen LogP contribution < -0.4 is 16.4 Å². The second kappa shape index (κ2) is 7.96. The first-order valence-electron chi connectivity index (χ1n) is 8.23. The van der Waals surface area contributed by atoms with E-state index in [2.05, 4.69) is 4.98 Å². The Hall–Kier alpha value is -2.60. The summed E-state index contributed by atoms with van der Waals surface area (Å²) in [4.78, 5) is 18.1. The largest absolute Gasteiger partial charge is 0.351 e. The minimum atomic E-state index is -0.742. The molecule has 5 nitrogen and oxygen atoms in total. The third kappa shape index (κ3) is 3.76. The smallest absolute Gasteiger partial charge is 0.325 e. The topological polar surface area (TPSA) is 85.2 Å².